The summed E-state index contributed by atoms with van der Waals surface area (Å²) in [5.41, 5.74) is 0.875. The first-order valence-electron chi connectivity index (χ1n) is 5.83. The molecule has 0 aromatic heterocycles. The Morgan fingerprint density at radius 3 is 2.65 bits per heavy atom. The van der Waals surface area contributed by atoms with Gasteiger partial charge in [-0.2, -0.15) is 0 Å². The molecule has 6 heteroatoms. The summed E-state index contributed by atoms with van der Waals surface area (Å²) in [5.74, 6) is -0.353. The van der Waals surface area contributed by atoms with E-state index in [0.29, 0.717) is 0 Å². The molecule has 104 valence electrons. The van der Waals surface area contributed by atoms with Crippen LogP contribution >= 0.6 is 0 Å². The third kappa shape index (κ3) is 2.92. The molecule has 0 aliphatic rings. The highest BCUT2D eigenvalue weighted by Crippen LogP contribution is 2.30. The number of hydrogen-bond acceptors (Lipinski definition) is 4. The molecule has 0 fully saturated rings. The molecule has 5 nitrogen and oxygen atoms in total. The molecule has 0 aliphatic heterocycles. The number of nitro benzene ring substituents is 1. The predicted octanol–water partition coefficient (Wildman–Crippen LogP) is 3.33. The lowest BCUT2D eigenvalue weighted by molar-refractivity contribution is -0.385. The average molecular weight is 277 g/mol. The minimum atomic E-state index is -0.573. The van der Waals surface area contributed by atoms with Crippen LogP contribution in [0.3, 0.4) is 0 Å². The number of ether oxygens (including phenoxy) is 1. The van der Waals surface area contributed by atoms with Crippen molar-refractivity contribution in [1.82, 2.24) is 0 Å². The second kappa shape index (κ2) is 5.66. The van der Waals surface area contributed by atoms with Crippen molar-refractivity contribution in [1.29, 1.82) is 0 Å². The lowest BCUT2D eigenvalue weighted by atomic mass is 10.2. The van der Waals surface area contributed by atoms with Gasteiger partial charge in [-0.3, -0.25) is 10.1 Å². The summed E-state index contributed by atoms with van der Waals surface area (Å²) < 4.78 is 19.0. The van der Waals surface area contributed by atoms with Crippen LogP contribution in [0, 0.1) is 22.9 Å². The number of aliphatic hydroxyl groups is 1. The van der Waals surface area contributed by atoms with Gasteiger partial charge in [-0.1, -0.05) is 6.07 Å². The van der Waals surface area contributed by atoms with Crippen molar-refractivity contribution < 1.29 is 19.2 Å². The number of aryl methyl sites for hydroxylation is 1. The maximum atomic E-state index is 13.6. The highest BCUT2D eigenvalue weighted by molar-refractivity contribution is 5.46. The topological polar surface area (TPSA) is 72.6 Å². The van der Waals surface area contributed by atoms with Crippen LogP contribution in [0.5, 0.6) is 11.5 Å². The van der Waals surface area contributed by atoms with E-state index < -0.39 is 17.3 Å². The second-order valence-corrected chi connectivity index (χ2v) is 4.24. The van der Waals surface area contributed by atoms with Crippen LogP contribution in [0.4, 0.5) is 10.1 Å². The van der Waals surface area contributed by atoms with Crippen LogP contribution in [-0.2, 0) is 6.61 Å². The minimum Gasteiger partial charge on any atom is -0.454 e. The van der Waals surface area contributed by atoms with Crippen LogP contribution in [-0.4, -0.2) is 10.0 Å². The first-order chi connectivity index (χ1) is 9.51. The zero-order valence-corrected chi connectivity index (χ0v) is 10.7. The Morgan fingerprint density at radius 1 is 1.25 bits per heavy atom. The van der Waals surface area contributed by atoms with Crippen molar-refractivity contribution in [3.05, 3.63) is 63.5 Å². The van der Waals surface area contributed by atoms with Crippen molar-refractivity contribution >= 4 is 5.69 Å². The van der Waals surface area contributed by atoms with E-state index in [4.69, 9.17) is 4.74 Å². The van der Waals surface area contributed by atoms with Gasteiger partial charge in [0.15, 0.2) is 11.6 Å². The van der Waals surface area contributed by atoms with Crippen molar-refractivity contribution in [2.24, 2.45) is 0 Å². The molecule has 2 rings (SSSR count). The fourth-order valence-corrected chi connectivity index (χ4v) is 1.71. The lowest BCUT2D eigenvalue weighted by Gasteiger charge is -2.10. The van der Waals surface area contributed by atoms with Gasteiger partial charge in [0.05, 0.1) is 11.5 Å². The largest absolute Gasteiger partial charge is 0.454 e. The summed E-state index contributed by atoms with van der Waals surface area (Å²) in [6.07, 6.45) is 0. The van der Waals surface area contributed by atoms with E-state index in [0.717, 1.165) is 5.56 Å². The zero-order valence-electron chi connectivity index (χ0n) is 10.7. The average Bonchev–Trinajstić information content (AvgIpc) is 2.43. The monoisotopic (exact) mass is 277 g/mol. The van der Waals surface area contributed by atoms with Crippen LogP contribution in [0.2, 0.25) is 0 Å². The number of halogens is 1. The molecule has 2 aromatic carbocycles. The van der Waals surface area contributed by atoms with Crippen molar-refractivity contribution in [2.75, 3.05) is 0 Å². The Bertz CT molecular complexity index is 658. The predicted molar refractivity (Wildman–Crippen MR) is 70.2 cm³/mol. The number of aliphatic hydroxyl groups excluding tert-OH is 1. The number of nitrogens with zero attached hydrogens (tertiary/aromatic N) is 1. The number of rotatable bonds is 4. The van der Waals surface area contributed by atoms with Gasteiger partial charge in [-0.25, -0.2) is 4.39 Å². The SMILES string of the molecule is Cc1ccc(F)c(Oc2ccc([N+](=O)[O-])cc2CO)c1. The molecule has 2 aromatic rings. The molecule has 0 atom stereocenters. The quantitative estimate of drug-likeness (QED) is 0.687. The van der Waals surface area contributed by atoms with Gasteiger partial charge in [-0.15, -0.1) is 0 Å². The van der Waals surface area contributed by atoms with Gasteiger partial charge in [-0.05, 0) is 30.7 Å². The molecule has 0 amide bonds. The fourth-order valence-electron chi connectivity index (χ4n) is 1.71. The molecule has 0 heterocycles. The van der Waals surface area contributed by atoms with E-state index in [9.17, 15) is 19.6 Å². The van der Waals surface area contributed by atoms with Gasteiger partial charge in [0.1, 0.15) is 5.75 Å². The minimum absolute atomic E-state index is 0.00792. The fraction of sp³-hybridized carbons (Fsp3) is 0.143. The van der Waals surface area contributed by atoms with Crippen LogP contribution in [0.25, 0.3) is 0 Å². The first kappa shape index (κ1) is 14.0. The van der Waals surface area contributed by atoms with E-state index in [1.807, 2.05) is 0 Å². The standard InChI is InChI=1S/C14H12FNO4/c1-9-2-4-12(15)14(6-9)20-13-5-3-11(16(18)19)7-10(13)8-17/h2-7,17H,8H2,1H3. The van der Waals surface area contributed by atoms with E-state index in [1.54, 1.807) is 13.0 Å². The molecule has 20 heavy (non-hydrogen) atoms. The molecule has 0 radical (unpaired) electrons. The summed E-state index contributed by atoms with van der Waals surface area (Å²) in [6, 6.07) is 8.16. The van der Waals surface area contributed by atoms with E-state index in [1.165, 1.54) is 30.3 Å². The molecule has 1 N–H and O–H groups in total. The van der Waals surface area contributed by atoms with Gasteiger partial charge in [0.25, 0.3) is 5.69 Å². The van der Waals surface area contributed by atoms with E-state index >= 15 is 0 Å². The number of non-ortho nitro benzene ring substituents is 1. The van der Waals surface area contributed by atoms with Crippen molar-refractivity contribution in [3.63, 3.8) is 0 Å². The third-order valence-electron chi connectivity index (χ3n) is 2.73. The Balaban J connectivity index is 2.38. The smallest absolute Gasteiger partial charge is 0.270 e. The maximum absolute atomic E-state index is 13.6. The number of hydrogen-bond donors (Lipinski definition) is 1. The Kier molecular flexibility index (Phi) is 3.95. The number of nitro groups is 1. The Hall–Kier alpha value is -2.47. The second-order valence-electron chi connectivity index (χ2n) is 4.24. The van der Waals surface area contributed by atoms with Gasteiger partial charge in [0, 0.05) is 17.7 Å². The van der Waals surface area contributed by atoms with Gasteiger partial charge >= 0.3 is 0 Å². The molecule has 0 saturated heterocycles. The van der Waals surface area contributed by atoms with Crippen LogP contribution in [0.1, 0.15) is 11.1 Å². The normalized spacial score (nSPS) is 10.3. The summed E-state index contributed by atoms with van der Waals surface area (Å²) in [4.78, 5) is 10.1. The lowest BCUT2D eigenvalue weighted by Crippen LogP contribution is -1.96. The zero-order chi connectivity index (χ0) is 14.7. The van der Waals surface area contributed by atoms with Crippen LogP contribution in [0.15, 0.2) is 36.4 Å². The van der Waals surface area contributed by atoms with E-state index in [2.05, 4.69) is 0 Å². The molecule has 0 spiro atoms. The van der Waals surface area contributed by atoms with Crippen molar-refractivity contribution in [2.45, 2.75) is 13.5 Å². The highest BCUT2D eigenvalue weighted by atomic mass is 19.1. The first-order valence-corrected chi connectivity index (χ1v) is 5.83. The Labute approximate surface area is 114 Å². The number of benzene rings is 2. The summed E-state index contributed by atoms with van der Waals surface area (Å²) in [7, 11) is 0. The molecule has 0 aliphatic carbocycles. The van der Waals surface area contributed by atoms with Gasteiger partial charge < -0.3 is 9.84 Å². The summed E-state index contributed by atoms with van der Waals surface area (Å²) in [6.45, 7) is 1.35. The highest BCUT2D eigenvalue weighted by Gasteiger charge is 2.13. The third-order valence-corrected chi connectivity index (χ3v) is 2.73. The molecular formula is C14H12FNO4. The van der Waals surface area contributed by atoms with Crippen LogP contribution < -0.4 is 4.74 Å². The van der Waals surface area contributed by atoms with Crippen molar-refractivity contribution in [3.8, 4) is 11.5 Å². The summed E-state index contributed by atoms with van der Waals surface area (Å²) in [5, 5.41) is 19.9. The molecule has 0 unspecified atom stereocenters. The maximum Gasteiger partial charge on any atom is 0.270 e. The van der Waals surface area contributed by atoms with Gasteiger partial charge in [0.2, 0.25) is 0 Å². The summed E-state index contributed by atoms with van der Waals surface area (Å²) >= 11 is 0. The Morgan fingerprint density at radius 2 is 2.00 bits per heavy atom. The molecular weight excluding hydrogens is 265 g/mol. The molecule has 0 saturated carbocycles. The van der Waals surface area contributed by atoms with E-state index in [-0.39, 0.29) is 22.7 Å². The molecule has 0 bridgehead atoms.